The first-order valence-corrected chi connectivity index (χ1v) is 7.41. The van der Waals surface area contributed by atoms with E-state index in [0.29, 0.717) is 16.6 Å². The molecule has 0 bridgehead atoms. The number of carbonyl (C=O) groups excluding carboxylic acids is 1. The number of amides is 1. The van der Waals surface area contributed by atoms with Crippen LogP contribution in [0.1, 0.15) is 29.0 Å². The fourth-order valence-electron chi connectivity index (χ4n) is 2.41. The Morgan fingerprint density at radius 1 is 1.08 bits per heavy atom. The Bertz CT molecular complexity index is 914. The minimum Gasteiger partial charge on any atom is -0.334 e. The summed E-state index contributed by atoms with van der Waals surface area (Å²) in [6.07, 6.45) is 1.42. The van der Waals surface area contributed by atoms with Crippen LogP contribution in [-0.2, 0) is 0 Å². The SMILES string of the molecule is C[C@@H](c1ccc(F)c(F)c1)N(C)C(=O)c1cnc2ccccc2n1. The summed E-state index contributed by atoms with van der Waals surface area (Å²) in [6.45, 7) is 1.74. The number of para-hydroxylation sites is 2. The Morgan fingerprint density at radius 3 is 2.50 bits per heavy atom. The van der Waals surface area contributed by atoms with Crippen molar-refractivity contribution in [2.75, 3.05) is 7.05 Å². The first-order valence-electron chi connectivity index (χ1n) is 7.41. The molecule has 4 nitrogen and oxygen atoms in total. The van der Waals surface area contributed by atoms with Crippen LogP contribution >= 0.6 is 0 Å². The molecule has 0 radical (unpaired) electrons. The van der Waals surface area contributed by atoms with Crippen molar-refractivity contribution in [1.82, 2.24) is 14.9 Å². The van der Waals surface area contributed by atoms with Crippen molar-refractivity contribution in [2.24, 2.45) is 0 Å². The van der Waals surface area contributed by atoms with Gasteiger partial charge in [0.05, 0.1) is 23.3 Å². The lowest BCUT2D eigenvalue weighted by atomic mass is 10.1. The predicted molar refractivity (Wildman–Crippen MR) is 86.4 cm³/mol. The highest BCUT2D eigenvalue weighted by Crippen LogP contribution is 2.22. The molecule has 3 rings (SSSR count). The highest BCUT2D eigenvalue weighted by molar-refractivity contribution is 5.93. The van der Waals surface area contributed by atoms with E-state index in [2.05, 4.69) is 9.97 Å². The largest absolute Gasteiger partial charge is 0.334 e. The Labute approximate surface area is 137 Å². The Kier molecular flexibility index (Phi) is 4.20. The number of carbonyl (C=O) groups is 1. The summed E-state index contributed by atoms with van der Waals surface area (Å²) in [6, 6.07) is 10.4. The van der Waals surface area contributed by atoms with Crippen LogP contribution in [0.4, 0.5) is 8.78 Å². The molecule has 0 saturated carbocycles. The van der Waals surface area contributed by atoms with Gasteiger partial charge < -0.3 is 4.90 Å². The molecular weight excluding hydrogens is 312 g/mol. The number of benzene rings is 2. The van der Waals surface area contributed by atoms with Crippen LogP contribution in [0, 0.1) is 11.6 Å². The number of aromatic nitrogens is 2. The summed E-state index contributed by atoms with van der Waals surface area (Å²) >= 11 is 0. The lowest BCUT2D eigenvalue weighted by molar-refractivity contribution is 0.0736. The van der Waals surface area contributed by atoms with Crippen molar-refractivity contribution in [1.29, 1.82) is 0 Å². The third-order valence-electron chi connectivity index (χ3n) is 4.00. The van der Waals surface area contributed by atoms with E-state index in [1.165, 1.54) is 17.2 Å². The van der Waals surface area contributed by atoms with E-state index >= 15 is 0 Å². The monoisotopic (exact) mass is 327 g/mol. The van der Waals surface area contributed by atoms with Gasteiger partial charge in [0.1, 0.15) is 5.69 Å². The maximum atomic E-state index is 13.4. The zero-order valence-electron chi connectivity index (χ0n) is 13.2. The fourth-order valence-corrected chi connectivity index (χ4v) is 2.41. The van der Waals surface area contributed by atoms with Gasteiger partial charge >= 0.3 is 0 Å². The van der Waals surface area contributed by atoms with Crippen LogP contribution in [0.15, 0.2) is 48.7 Å². The number of halogens is 2. The first-order chi connectivity index (χ1) is 11.5. The molecule has 0 saturated heterocycles. The second-order valence-electron chi connectivity index (χ2n) is 5.51. The third kappa shape index (κ3) is 2.95. The molecule has 0 aliphatic rings. The molecule has 24 heavy (non-hydrogen) atoms. The summed E-state index contributed by atoms with van der Waals surface area (Å²) in [4.78, 5) is 22.6. The minimum atomic E-state index is -0.939. The molecule has 2 aromatic carbocycles. The third-order valence-corrected chi connectivity index (χ3v) is 4.00. The molecule has 0 fully saturated rings. The van der Waals surface area contributed by atoms with Crippen LogP contribution in [-0.4, -0.2) is 27.8 Å². The molecule has 6 heteroatoms. The molecule has 3 aromatic rings. The van der Waals surface area contributed by atoms with Crippen molar-refractivity contribution in [3.8, 4) is 0 Å². The van der Waals surface area contributed by atoms with Crippen LogP contribution in [0.5, 0.6) is 0 Å². The molecule has 1 atom stereocenters. The van der Waals surface area contributed by atoms with E-state index in [0.717, 1.165) is 12.1 Å². The van der Waals surface area contributed by atoms with Gasteiger partial charge in [-0.15, -0.1) is 0 Å². The normalized spacial score (nSPS) is 12.2. The van der Waals surface area contributed by atoms with Gasteiger partial charge in [-0.05, 0) is 36.8 Å². The van der Waals surface area contributed by atoms with Gasteiger partial charge in [-0.2, -0.15) is 0 Å². The molecule has 1 amide bonds. The lowest BCUT2D eigenvalue weighted by Gasteiger charge is -2.25. The molecule has 122 valence electrons. The van der Waals surface area contributed by atoms with Gasteiger partial charge in [-0.3, -0.25) is 9.78 Å². The van der Waals surface area contributed by atoms with Crippen molar-refractivity contribution >= 4 is 16.9 Å². The van der Waals surface area contributed by atoms with Gasteiger partial charge in [0, 0.05) is 7.05 Å². The van der Waals surface area contributed by atoms with Gasteiger partial charge in [0.25, 0.3) is 5.91 Å². The quantitative estimate of drug-likeness (QED) is 0.736. The van der Waals surface area contributed by atoms with E-state index < -0.39 is 17.7 Å². The van der Waals surface area contributed by atoms with Crippen molar-refractivity contribution in [3.05, 3.63) is 71.6 Å². The maximum absolute atomic E-state index is 13.4. The average Bonchev–Trinajstić information content (AvgIpc) is 2.61. The molecule has 0 aliphatic heterocycles. The summed E-state index contributed by atoms with van der Waals surface area (Å²) in [5.74, 6) is -2.20. The molecular formula is C18H15F2N3O. The minimum absolute atomic E-state index is 0.200. The highest BCUT2D eigenvalue weighted by atomic mass is 19.2. The maximum Gasteiger partial charge on any atom is 0.274 e. The standard InChI is InChI=1S/C18H15F2N3O/c1-11(12-7-8-13(19)14(20)9-12)23(2)18(24)17-10-21-15-5-3-4-6-16(15)22-17/h3-11H,1-2H3/t11-/m0/s1. The smallest absolute Gasteiger partial charge is 0.274 e. The van der Waals surface area contributed by atoms with E-state index in [4.69, 9.17) is 0 Å². The Morgan fingerprint density at radius 2 is 1.79 bits per heavy atom. The second-order valence-corrected chi connectivity index (χ2v) is 5.51. The van der Waals surface area contributed by atoms with E-state index in [9.17, 15) is 13.6 Å². The van der Waals surface area contributed by atoms with E-state index in [1.807, 2.05) is 18.2 Å². The topological polar surface area (TPSA) is 46.1 Å². The predicted octanol–water partition coefficient (Wildman–Crippen LogP) is 3.74. The van der Waals surface area contributed by atoms with Crippen LogP contribution in [0.25, 0.3) is 11.0 Å². The van der Waals surface area contributed by atoms with Crippen LogP contribution < -0.4 is 0 Å². The van der Waals surface area contributed by atoms with Crippen LogP contribution in [0.2, 0.25) is 0 Å². The summed E-state index contributed by atoms with van der Waals surface area (Å²) in [5, 5.41) is 0. The van der Waals surface area contributed by atoms with Crippen molar-refractivity contribution in [3.63, 3.8) is 0 Å². The number of hydrogen-bond acceptors (Lipinski definition) is 3. The highest BCUT2D eigenvalue weighted by Gasteiger charge is 2.21. The molecule has 0 spiro atoms. The van der Waals surface area contributed by atoms with Crippen molar-refractivity contribution < 1.29 is 13.6 Å². The van der Waals surface area contributed by atoms with E-state index in [1.54, 1.807) is 20.0 Å². The summed E-state index contributed by atoms with van der Waals surface area (Å²) in [7, 11) is 1.59. The van der Waals surface area contributed by atoms with Gasteiger partial charge in [0.2, 0.25) is 0 Å². The molecule has 0 unspecified atom stereocenters. The number of hydrogen-bond donors (Lipinski definition) is 0. The molecule has 0 aliphatic carbocycles. The zero-order chi connectivity index (χ0) is 17.3. The number of fused-ring (bicyclic) bond motifs is 1. The average molecular weight is 327 g/mol. The second kappa shape index (κ2) is 6.31. The van der Waals surface area contributed by atoms with Gasteiger partial charge in [-0.1, -0.05) is 18.2 Å². The van der Waals surface area contributed by atoms with Gasteiger partial charge in [-0.25, -0.2) is 13.8 Å². The summed E-state index contributed by atoms with van der Waals surface area (Å²) in [5.41, 5.74) is 2.02. The Balaban J connectivity index is 1.88. The first kappa shape index (κ1) is 16.0. The number of nitrogens with zero attached hydrogens (tertiary/aromatic N) is 3. The van der Waals surface area contributed by atoms with Gasteiger partial charge in [0.15, 0.2) is 11.6 Å². The fraction of sp³-hybridized carbons (Fsp3) is 0.167. The lowest BCUT2D eigenvalue weighted by Crippen LogP contribution is -2.30. The molecule has 1 aromatic heterocycles. The van der Waals surface area contributed by atoms with E-state index in [-0.39, 0.29) is 11.6 Å². The zero-order valence-corrected chi connectivity index (χ0v) is 13.2. The van der Waals surface area contributed by atoms with Crippen molar-refractivity contribution in [2.45, 2.75) is 13.0 Å². The van der Waals surface area contributed by atoms with Crippen LogP contribution in [0.3, 0.4) is 0 Å². The summed E-state index contributed by atoms with van der Waals surface area (Å²) < 4.78 is 26.5. The molecule has 1 heterocycles. The number of rotatable bonds is 3. The Hall–Kier alpha value is -2.89. The molecule has 0 N–H and O–H groups in total.